The van der Waals surface area contributed by atoms with E-state index in [0.29, 0.717) is 6.54 Å². The SMILES string of the molecule is CCCOc1cccc(NCc2ccccc2N)c1. The van der Waals surface area contributed by atoms with Crippen LogP contribution in [0.3, 0.4) is 0 Å². The molecule has 0 aliphatic carbocycles. The highest BCUT2D eigenvalue weighted by molar-refractivity contribution is 5.52. The fourth-order valence-electron chi connectivity index (χ4n) is 1.81. The fraction of sp³-hybridized carbons (Fsp3) is 0.250. The number of ether oxygens (including phenoxy) is 1. The molecule has 3 nitrogen and oxygen atoms in total. The van der Waals surface area contributed by atoms with Gasteiger partial charge in [0.15, 0.2) is 0 Å². The molecule has 0 amide bonds. The molecule has 0 atom stereocenters. The van der Waals surface area contributed by atoms with E-state index in [1.165, 1.54) is 0 Å². The smallest absolute Gasteiger partial charge is 0.121 e. The van der Waals surface area contributed by atoms with Gasteiger partial charge in [0, 0.05) is 24.0 Å². The zero-order chi connectivity index (χ0) is 13.5. The summed E-state index contributed by atoms with van der Waals surface area (Å²) in [6, 6.07) is 15.9. The summed E-state index contributed by atoms with van der Waals surface area (Å²) in [6.07, 6.45) is 1.01. The summed E-state index contributed by atoms with van der Waals surface area (Å²) in [5.41, 5.74) is 8.87. The number of anilines is 2. The van der Waals surface area contributed by atoms with Crippen molar-refractivity contribution >= 4 is 11.4 Å². The topological polar surface area (TPSA) is 47.3 Å². The van der Waals surface area contributed by atoms with Crippen molar-refractivity contribution in [2.24, 2.45) is 0 Å². The van der Waals surface area contributed by atoms with E-state index in [1.807, 2.05) is 48.5 Å². The first-order valence-electron chi connectivity index (χ1n) is 6.59. The van der Waals surface area contributed by atoms with E-state index >= 15 is 0 Å². The van der Waals surface area contributed by atoms with Crippen molar-refractivity contribution in [2.75, 3.05) is 17.7 Å². The predicted octanol–water partition coefficient (Wildman–Crippen LogP) is 3.67. The van der Waals surface area contributed by atoms with Gasteiger partial charge in [0.25, 0.3) is 0 Å². The molecule has 0 unspecified atom stereocenters. The molecule has 0 radical (unpaired) electrons. The number of nitrogen functional groups attached to an aromatic ring is 1. The lowest BCUT2D eigenvalue weighted by Gasteiger charge is -2.10. The van der Waals surface area contributed by atoms with Crippen molar-refractivity contribution in [1.29, 1.82) is 0 Å². The van der Waals surface area contributed by atoms with Crippen LogP contribution < -0.4 is 15.8 Å². The maximum atomic E-state index is 5.92. The second kappa shape index (κ2) is 6.69. The first-order valence-corrected chi connectivity index (χ1v) is 6.59. The highest BCUT2D eigenvalue weighted by Gasteiger charge is 1.99. The molecule has 2 aromatic carbocycles. The van der Waals surface area contributed by atoms with Gasteiger partial charge < -0.3 is 15.8 Å². The molecule has 100 valence electrons. The Bertz CT molecular complexity index is 526. The summed E-state index contributed by atoms with van der Waals surface area (Å²) in [4.78, 5) is 0. The van der Waals surface area contributed by atoms with Gasteiger partial charge in [0.1, 0.15) is 5.75 Å². The van der Waals surface area contributed by atoms with Gasteiger partial charge >= 0.3 is 0 Å². The minimum absolute atomic E-state index is 0.712. The highest BCUT2D eigenvalue weighted by atomic mass is 16.5. The summed E-state index contributed by atoms with van der Waals surface area (Å²) < 4.78 is 5.61. The van der Waals surface area contributed by atoms with Crippen molar-refractivity contribution in [1.82, 2.24) is 0 Å². The quantitative estimate of drug-likeness (QED) is 0.775. The average Bonchev–Trinajstić information content (AvgIpc) is 2.45. The van der Waals surface area contributed by atoms with Crippen LogP contribution in [0.4, 0.5) is 11.4 Å². The Morgan fingerprint density at radius 1 is 1.11 bits per heavy atom. The van der Waals surface area contributed by atoms with Gasteiger partial charge in [0.05, 0.1) is 6.61 Å². The second-order valence-corrected chi connectivity index (χ2v) is 4.43. The number of rotatable bonds is 6. The second-order valence-electron chi connectivity index (χ2n) is 4.43. The lowest BCUT2D eigenvalue weighted by molar-refractivity contribution is 0.317. The maximum Gasteiger partial charge on any atom is 0.121 e. The van der Waals surface area contributed by atoms with Gasteiger partial charge in [-0.05, 0) is 30.2 Å². The predicted molar refractivity (Wildman–Crippen MR) is 80.4 cm³/mol. The molecule has 3 N–H and O–H groups in total. The first-order chi connectivity index (χ1) is 9.29. The molecule has 0 spiro atoms. The summed E-state index contributed by atoms with van der Waals surface area (Å²) in [7, 11) is 0. The number of para-hydroxylation sites is 1. The molecule has 0 saturated carbocycles. The first kappa shape index (κ1) is 13.3. The van der Waals surface area contributed by atoms with Crippen LogP contribution in [0.1, 0.15) is 18.9 Å². The molecule has 2 rings (SSSR count). The summed E-state index contributed by atoms with van der Waals surface area (Å²) in [5.74, 6) is 0.896. The van der Waals surface area contributed by atoms with Crippen LogP contribution in [-0.4, -0.2) is 6.61 Å². The molecule has 0 saturated heterocycles. The zero-order valence-corrected chi connectivity index (χ0v) is 11.2. The third-order valence-electron chi connectivity index (χ3n) is 2.84. The Kier molecular flexibility index (Phi) is 4.67. The van der Waals surface area contributed by atoms with E-state index in [9.17, 15) is 0 Å². The third-order valence-corrected chi connectivity index (χ3v) is 2.84. The Hall–Kier alpha value is -2.16. The number of nitrogens with one attached hydrogen (secondary N) is 1. The molecule has 19 heavy (non-hydrogen) atoms. The van der Waals surface area contributed by atoms with Crippen LogP contribution >= 0.6 is 0 Å². The monoisotopic (exact) mass is 256 g/mol. The molecule has 0 aromatic heterocycles. The number of benzene rings is 2. The molecule has 3 heteroatoms. The van der Waals surface area contributed by atoms with Crippen LogP contribution in [0, 0.1) is 0 Å². The van der Waals surface area contributed by atoms with Crippen molar-refractivity contribution < 1.29 is 4.74 Å². The van der Waals surface area contributed by atoms with Gasteiger partial charge in [0.2, 0.25) is 0 Å². The van der Waals surface area contributed by atoms with Crippen LogP contribution in [-0.2, 0) is 6.54 Å². The Morgan fingerprint density at radius 2 is 1.95 bits per heavy atom. The summed E-state index contributed by atoms with van der Waals surface area (Å²) >= 11 is 0. The zero-order valence-electron chi connectivity index (χ0n) is 11.2. The van der Waals surface area contributed by atoms with E-state index < -0.39 is 0 Å². The highest BCUT2D eigenvalue weighted by Crippen LogP contribution is 2.19. The number of hydrogen-bond donors (Lipinski definition) is 2. The molecule has 0 aliphatic rings. The van der Waals surface area contributed by atoms with E-state index in [0.717, 1.165) is 35.7 Å². The summed E-state index contributed by atoms with van der Waals surface area (Å²) in [5, 5.41) is 3.36. The van der Waals surface area contributed by atoms with Gasteiger partial charge in [-0.1, -0.05) is 31.2 Å². The number of hydrogen-bond acceptors (Lipinski definition) is 3. The van der Waals surface area contributed by atoms with Crippen LogP contribution in [0.2, 0.25) is 0 Å². The Balaban J connectivity index is 1.98. The largest absolute Gasteiger partial charge is 0.494 e. The molecular formula is C16H20N2O. The van der Waals surface area contributed by atoms with Gasteiger partial charge in [-0.15, -0.1) is 0 Å². The Morgan fingerprint density at radius 3 is 2.74 bits per heavy atom. The number of nitrogens with two attached hydrogens (primary N) is 1. The van der Waals surface area contributed by atoms with E-state index in [1.54, 1.807) is 0 Å². The van der Waals surface area contributed by atoms with Gasteiger partial charge in [-0.25, -0.2) is 0 Å². The van der Waals surface area contributed by atoms with Crippen molar-refractivity contribution in [3.63, 3.8) is 0 Å². The molecular weight excluding hydrogens is 236 g/mol. The van der Waals surface area contributed by atoms with Gasteiger partial charge in [-0.2, -0.15) is 0 Å². The molecule has 2 aromatic rings. The minimum atomic E-state index is 0.712. The molecule has 0 aliphatic heterocycles. The Labute approximate surface area is 114 Å². The van der Waals surface area contributed by atoms with E-state index in [2.05, 4.69) is 12.2 Å². The lowest BCUT2D eigenvalue weighted by atomic mass is 10.2. The third kappa shape index (κ3) is 3.91. The van der Waals surface area contributed by atoms with Crippen LogP contribution in [0.15, 0.2) is 48.5 Å². The normalized spacial score (nSPS) is 10.2. The van der Waals surface area contributed by atoms with Crippen LogP contribution in [0.5, 0.6) is 5.75 Å². The van der Waals surface area contributed by atoms with E-state index in [4.69, 9.17) is 10.5 Å². The molecule has 0 fully saturated rings. The van der Waals surface area contributed by atoms with E-state index in [-0.39, 0.29) is 0 Å². The fourth-order valence-corrected chi connectivity index (χ4v) is 1.81. The van der Waals surface area contributed by atoms with Gasteiger partial charge in [-0.3, -0.25) is 0 Å². The summed E-state index contributed by atoms with van der Waals surface area (Å²) in [6.45, 7) is 3.55. The average molecular weight is 256 g/mol. The standard InChI is InChI=1S/C16H20N2O/c1-2-10-19-15-8-5-7-14(11-15)18-12-13-6-3-4-9-16(13)17/h3-9,11,18H,2,10,12,17H2,1H3. The maximum absolute atomic E-state index is 5.92. The minimum Gasteiger partial charge on any atom is -0.494 e. The molecule has 0 bridgehead atoms. The lowest BCUT2D eigenvalue weighted by Crippen LogP contribution is -2.03. The van der Waals surface area contributed by atoms with Crippen molar-refractivity contribution in [2.45, 2.75) is 19.9 Å². The van der Waals surface area contributed by atoms with Crippen LogP contribution in [0.25, 0.3) is 0 Å². The van der Waals surface area contributed by atoms with Crippen molar-refractivity contribution in [3.8, 4) is 5.75 Å². The molecule has 0 heterocycles. The van der Waals surface area contributed by atoms with Crippen molar-refractivity contribution in [3.05, 3.63) is 54.1 Å².